The smallest absolute Gasteiger partial charge is 0.247 e. The van der Waals surface area contributed by atoms with E-state index >= 15 is 0 Å². The maximum Gasteiger partial charge on any atom is 0.247 e. The highest BCUT2D eigenvalue weighted by Gasteiger charge is 2.05. The van der Waals surface area contributed by atoms with Crippen LogP contribution in [0.2, 0.25) is 0 Å². The van der Waals surface area contributed by atoms with Crippen molar-refractivity contribution in [1.29, 1.82) is 0 Å². The van der Waals surface area contributed by atoms with Gasteiger partial charge in [-0.15, -0.1) is 0 Å². The molecule has 96 valence electrons. The van der Waals surface area contributed by atoms with Crippen LogP contribution in [0.15, 0.2) is 61.4 Å². The summed E-state index contributed by atoms with van der Waals surface area (Å²) in [4.78, 5) is 17.4. The molecule has 0 aliphatic rings. The minimum Gasteiger partial charge on any atom is -0.343 e. The standard InChI is InChI=1S/C15H15N3O/c1-3-15(19)17-12-6-4-7-13(10-12)18(2)14-8-5-9-16-11-14/h3-11H,1H2,2H3,(H,17,19). The van der Waals surface area contributed by atoms with E-state index < -0.39 is 0 Å². The second kappa shape index (κ2) is 5.82. The highest BCUT2D eigenvalue weighted by atomic mass is 16.1. The molecule has 4 nitrogen and oxygen atoms in total. The highest BCUT2D eigenvalue weighted by Crippen LogP contribution is 2.24. The molecule has 1 heterocycles. The van der Waals surface area contributed by atoms with Crippen LogP contribution in [-0.4, -0.2) is 17.9 Å². The number of aromatic nitrogens is 1. The van der Waals surface area contributed by atoms with Crippen LogP contribution in [0.1, 0.15) is 0 Å². The summed E-state index contributed by atoms with van der Waals surface area (Å²) in [7, 11) is 1.95. The molecule has 0 saturated heterocycles. The average Bonchev–Trinajstić information content (AvgIpc) is 2.47. The first kappa shape index (κ1) is 12.8. The summed E-state index contributed by atoms with van der Waals surface area (Å²) in [6, 6.07) is 11.4. The Morgan fingerprint density at radius 2 is 2.11 bits per heavy atom. The van der Waals surface area contributed by atoms with E-state index in [1.165, 1.54) is 6.08 Å². The van der Waals surface area contributed by atoms with E-state index in [4.69, 9.17) is 0 Å². The van der Waals surface area contributed by atoms with Gasteiger partial charge in [0.2, 0.25) is 5.91 Å². The van der Waals surface area contributed by atoms with E-state index in [0.717, 1.165) is 17.1 Å². The molecule has 0 unspecified atom stereocenters. The molecule has 2 aromatic rings. The molecule has 0 radical (unpaired) electrons. The van der Waals surface area contributed by atoms with Crippen LogP contribution in [0.3, 0.4) is 0 Å². The van der Waals surface area contributed by atoms with Gasteiger partial charge >= 0.3 is 0 Å². The molecule has 0 saturated carbocycles. The van der Waals surface area contributed by atoms with Gasteiger partial charge in [-0.05, 0) is 36.4 Å². The quantitative estimate of drug-likeness (QED) is 0.852. The number of carbonyl (C=O) groups excluding carboxylic acids is 1. The van der Waals surface area contributed by atoms with Gasteiger partial charge in [-0.1, -0.05) is 12.6 Å². The highest BCUT2D eigenvalue weighted by molar-refractivity contribution is 5.99. The number of anilines is 3. The van der Waals surface area contributed by atoms with Gasteiger partial charge < -0.3 is 10.2 Å². The molecule has 19 heavy (non-hydrogen) atoms. The van der Waals surface area contributed by atoms with Crippen molar-refractivity contribution in [1.82, 2.24) is 4.98 Å². The van der Waals surface area contributed by atoms with Gasteiger partial charge in [0.05, 0.1) is 11.9 Å². The zero-order valence-corrected chi connectivity index (χ0v) is 10.7. The van der Waals surface area contributed by atoms with E-state index in [2.05, 4.69) is 16.9 Å². The summed E-state index contributed by atoms with van der Waals surface area (Å²) in [6.45, 7) is 3.43. The molecule has 0 spiro atoms. The fourth-order valence-electron chi connectivity index (χ4n) is 1.69. The largest absolute Gasteiger partial charge is 0.343 e. The fourth-order valence-corrected chi connectivity index (χ4v) is 1.69. The lowest BCUT2D eigenvalue weighted by molar-refractivity contribution is -0.111. The molecule has 1 aromatic heterocycles. The van der Waals surface area contributed by atoms with Crippen molar-refractivity contribution in [3.05, 3.63) is 61.4 Å². The van der Waals surface area contributed by atoms with Crippen LogP contribution in [0.25, 0.3) is 0 Å². The van der Waals surface area contributed by atoms with E-state index in [1.807, 2.05) is 48.3 Å². The fraction of sp³-hybridized carbons (Fsp3) is 0.0667. The van der Waals surface area contributed by atoms with Gasteiger partial charge in [-0.25, -0.2) is 0 Å². The Kier molecular flexibility index (Phi) is 3.93. The minimum atomic E-state index is -0.221. The number of benzene rings is 1. The number of rotatable bonds is 4. The van der Waals surface area contributed by atoms with Crippen LogP contribution >= 0.6 is 0 Å². The summed E-state index contributed by atoms with van der Waals surface area (Å²) < 4.78 is 0. The Bertz CT molecular complexity index is 581. The molecular weight excluding hydrogens is 238 g/mol. The molecule has 0 aliphatic heterocycles. The number of hydrogen-bond acceptors (Lipinski definition) is 3. The Hall–Kier alpha value is -2.62. The number of pyridine rings is 1. The first-order chi connectivity index (χ1) is 9.20. The zero-order chi connectivity index (χ0) is 13.7. The predicted octanol–water partition coefficient (Wildman–Crippen LogP) is 2.97. The van der Waals surface area contributed by atoms with Gasteiger partial charge in [-0.3, -0.25) is 9.78 Å². The molecule has 2 rings (SSSR count). The summed E-state index contributed by atoms with van der Waals surface area (Å²) in [5, 5.41) is 2.74. The summed E-state index contributed by atoms with van der Waals surface area (Å²) in [6.07, 6.45) is 4.77. The Labute approximate surface area is 112 Å². The third-order valence-corrected chi connectivity index (χ3v) is 2.72. The number of carbonyl (C=O) groups is 1. The average molecular weight is 253 g/mol. The van der Waals surface area contributed by atoms with Crippen LogP contribution < -0.4 is 10.2 Å². The van der Waals surface area contributed by atoms with E-state index in [1.54, 1.807) is 12.4 Å². The third kappa shape index (κ3) is 3.19. The van der Waals surface area contributed by atoms with E-state index in [0.29, 0.717) is 0 Å². The number of nitrogens with zero attached hydrogens (tertiary/aromatic N) is 2. The molecule has 1 aromatic carbocycles. The van der Waals surface area contributed by atoms with Crippen molar-refractivity contribution in [3.8, 4) is 0 Å². The molecule has 1 amide bonds. The van der Waals surface area contributed by atoms with Gasteiger partial charge in [0.25, 0.3) is 0 Å². The van der Waals surface area contributed by atoms with Gasteiger partial charge in [0.15, 0.2) is 0 Å². The lowest BCUT2D eigenvalue weighted by Crippen LogP contribution is -2.11. The van der Waals surface area contributed by atoms with Crippen LogP contribution in [-0.2, 0) is 4.79 Å². The van der Waals surface area contributed by atoms with Gasteiger partial charge in [0.1, 0.15) is 0 Å². The SMILES string of the molecule is C=CC(=O)Nc1cccc(N(C)c2cccnc2)c1. The number of amides is 1. The molecule has 0 fully saturated rings. The predicted molar refractivity (Wildman–Crippen MR) is 77.6 cm³/mol. The number of hydrogen-bond donors (Lipinski definition) is 1. The van der Waals surface area contributed by atoms with Gasteiger partial charge in [-0.2, -0.15) is 0 Å². The molecule has 1 N–H and O–H groups in total. The maximum absolute atomic E-state index is 11.3. The van der Waals surface area contributed by atoms with Crippen molar-refractivity contribution in [2.24, 2.45) is 0 Å². The first-order valence-corrected chi connectivity index (χ1v) is 5.88. The Balaban J connectivity index is 2.23. The van der Waals surface area contributed by atoms with Crippen molar-refractivity contribution in [2.75, 3.05) is 17.3 Å². The van der Waals surface area contributed by atoms with E-state index in [9.17, 15) is 4.79 Å². The van der Waals surface area contributed by atoms with Crippen molar-refractivity contribution in [3.63, 3.8) is 0 Å². The summed E-state index contributed by atoms with van der Waals surface area (Å²) >= 11 is 0. The van der Waals surface area contributed by atoms with Crippen molar-refractivity contribution >= 4 is 23.0 Å². The van der Waals surface area contributed by atoms with Gasteiger partial charge in [0, 0.05) is 24.6 Å². The third-order valence-electron chi connectivity index (χ3n) is 2.72. The second-order valence-corrected chi connectivity index (χ2v) is 4.01. The normalized spacial score (nSPS) is 9.74. The molecule has 4 heteroatoms. The van der Waals surface area contributed by atoms with Crippen LogP contribution in [0.5, 0.6) is 0 Å². The van der Waals surface area contributed by atoms with Crippen LogP contribution in [0.4, 0.5) is 17.1 Å². The molecule has 0 atom stereocenters. The second-order valence-electron chi connectivity index (χ2n) is 4.01. The summed E-state index contributed by atoms with van der Waals surface area (Å²) in [5.74, 6) is -0.221. The molecule has 0 aliphatic carbocycles. The molecular formula is C15H15N3O. The maximum atomic E-state index is 11.3. The molecule has 0 bridgehead atoms. The first-order valence-electron chi connectivity index (χ1n) is 5.88. The van der Waals surface area contributed by atoms with Crippen LogP contribution in [0, 0.1) is 0 Å². The monoisotopic (exact) mass is 253 g/mol. The summed E-state index contributed by atoms with van der Waals surface area (Å²) in [5.41, 5.74) is 2.68. The lowest BCUT2D eigenvalue weighted by atomic mass is 10.2. The minimum absolute atomic E-state index is 0.221. The lowest BCUT2D eigenvalue weighted by Gasteiger charge is -2.19. The Morgan fingerprint density at radius 3 is 2.79 bits per heavy atom. The van der Waals surface area contributed by atoms with E-state index in [-0.39, 0.29) is 5.91 Å². The topological polar surface area (TPSA) is 45.2 Å². The zero-order valence-electron chi connectivity index (χ0n) is 10.7. The Morgan fingerprint density at radius 1 is 1.32 bits per heavy atom. The van der Waals surface area contributed by atoms with Crippen molar-refractivity contribution < 1.29 is 4.79 Å². The number of nitrogens with one attached hydrogen (secondary N) is 1. The van der Waals surface area contributed by atoms with Crippen molar-refractivity contribution in [2.45, 2.75) is 0 Å².